The summed E-state index contributed by atoms with van der Waals surface area (Å²) in [5.74, 6) is -0.930. The lowest BCUT2D eigenvalue weighted by Crippen LogP contribution is -2.47. The molecule has 0 aromatic carbocycles. The number of carbonyl (C=O) groups is 2. The highest BCUT2D eigenvalue weighted by atomic mass is 35.5. The molecule has 116 valence electrons. The monoisotopic (exact) mass is 312 g/mol. The second kappa shape index (κ2) is 6.89. The molecule has 0 aliphatic rings. The van der Waals surface area contributed by atoms with Gasteiger partial charge >= 0.3 is 5.97 Å². The van der Waals surface area contributed by atoms with Crippen molar-refractivity contribution in [2.75, 3.05) is 0 Å². The molecule has 21 heavy (non-hydrogen) atoms. The molecule has 0 spiro atoms. The number of aromatic nitrogens is 1. The fourth-order valence-corrected chi connectivity index (χ4v) is 1.71. The smallest absolute Gasteiger partial charge is 0.329 e. The zero-order valence-electron chi connectivity index (χ0n) is 12.9. The van der Waals surface area contributed by atoms with Crippen molar-refractivity contribution in [3.05, 3.63) is 29.0 Å². The number of rotatable bonds is 4. The minimum absolute atomic E-state index is 0.0935. The van der Waals surface area contributed by atoms with Gasteiger partial charge < -0.3 is 10.1 Å². The Labute approximate surface area is 130 Å². The largest absolute Gasteiger partial charge is 0.458 e. The molecule has 1 N–H and O–H groups in total. The molecule has 0 bridgehead atoms. The lowest BCUT2D eigenvalue weighted by molar-refractivity contribution is -0.158. The Bertz CT molecular complexity index is 507. The number of carbonyl (C=O) groups excluding carboxylic acids is 2. The third-order valence-electron chi connectivity index (χ3n) is 2.60. The van der Waals surface area contributed by atoms with Crippen molar-refractivity contribution in [3.63, 3.8) is 0 Å². The van der Waals surface area contributed by atoms with Crippen molar-refractivity contribution >= 4 is 23.5 Å². The number of halogens is 1. The Morgan fingerprint density at radius 2 is 1.90 bits per heavy atom. The maximum absolute atomic E-state index is 12.1. The maximum atomic E-state index is 12.1. The van der Waals surface area contributed by atoms with Crippen molar-refractivity contribution in [1.82, 2.24) is 10.3 Å². The summed E-state index contributed by atoms with van der Waals surface area (Å²) in [5.41, 5.74) is -0.259. The van der Waals surface area contributed by atoms with Crippen molar-refractivity contribution in [2.45, 2.75) is 46.3 Å². The van der Waals surface area contributed by atoms with Gasteiger partial charge in [0.1, 0.15) is 16.8 Å². The minimum Gasteiger partial charge on any atom is -0.458 e. The summed E-state index contributed by atoms with van der Waals surface area (Å²) >= 11 is 5.68. The number of amides is 1. The molecule has 1 aromatic heterocycles. The summed E-state index contributed by atoms with van der Waals surface area (Å²) < 4.78 is 5.33. The van der Waals surface area contributed by atoms with E-state index < -0.39 is 17.6 Å². The highest BCUT2D eigenvalue weighted by Gasteiger charge is 2.29. The van der Waals surface area contributed by atoms with E-state index in [-0.39, 0.29) is 11.8 Å². The van der Waals surface area contributed by atoms with Crippen LogP contribution in [0, 0.1) is 5.92 Å². The number of hydrogen-bond acceptors (Lipinski definition) is 4. The molecule has 1 amide bonds. The quantitative estimate of drug-likeness (QED) is 0.685. The molecule has 0 fully saturated rings. The van der Waals surface area contributed by atoms with Gasteiger partial charge in [0.2, 0.25) is 0 Å². The van der Waals surface area contributed by atoms with E-state index in [9.17, 15) is 9.59 Å². The van der Waals surface area contributed by atoms with Gasteiger partial charge in [-0.05, 0) is 38.8 Å². The van der Waals surface area contributed by atoms with Crippen LogP contribution in [0.5, 0.6) is 0 Å². The normalized spacial score (nSPS) is 12.9. The molecule has 5 nitrogen and oxygen atoms in total. The zero-order chi connectivity index (χ0) is 16.2. The molecule has 0 saturated carbocycles. The van der Waals surface area contributed by atoms with Crippen LogP contribution in [-0.2, 0) is 9.53 Å². The number of nitrogens with zero attached hydrogens (tertiary/aromatic N) is 1. The van der Waals surface area contributed by atoms with Crippen LogP contribution in [-0.4, -0.2) is 28.5 Å². The topological polar surface area (TPSA) is 68.3 Å². The van der Waals surface area contributed by atoms with Crippen LogP contribution >= 0.6 is 11.6 Å². The summed E-state index contributed by atoms with van der Waals surface area (Å²) in [7, 11) is 0. The van der Waals surface area contributed by atoms with Crippen LogP contribution in [0.2, 0.25) is 5.15 Å². The Hall–Kier alpha value is -1.62. The van der Waals surface area contributed by atoms with Gasteiger partial charge in [0.25, 0.3) is 5.91 Å². The van der Waals surface area contributed by atoms with Crippen LogP contribution < -0.4 is 5.32 Å². The van der Waals surface area contributed by atoms with Crippen LogP contribution in [0.15, 0.2) is 18.3 Å². The lowest BCUT2D eigenvalue weighted by Gasteiger charge is -2.26. The van der Waals surface area contributed by atoms with Gasteiger partial charge in [-0.15, -0.1) is 0 Å². The standard InChI is InChI=1S/C15H21ClN2O3/c1-9(2)12(14(20)21-15(3,4)5)18-13(19)10-6-7-11(16)17-8-10/h6-9,12H,1-5H3,(H,18,19)/t12-/m0/s1. The summed E-state index contributed by atoms with van der Waals surface area (Å²) in [6.07, 6.45) is 1.37. The minimum atomic E-state index is -0.715. The highest BCUT2D eigenvalue weighted by Crippen LogP contribution is 2.13. The molecule has 1 rings (SSSR count). The van der Waals surface area contributed by atoms with E-state index in [1.807, 2.05) is 13.8 Å². The fraction of sp³-hybridized carbons (Fsp3) is 0.533. The SMILES string of the molecule is CC(C)[C@H](NC(=O)c1ccc(Cl)nc1)C(=O)OC(C)(C)C. The van der Waals surface area contributed by atoms with Gasteiger partial charge in [-0.3, -0.25) is 4.79 Å². The first-order valence-electron chi connectivity index (χ1n) is 6.75. The number of nitrogens with one attached hydrogen (secondary N) is 1. The van der Waals surface area contributed by atoms with Crippen molar-refractivity contribution < 1.29 is 14.3 Å². The third kappa shape index (κ3) is 5.71. The Kier molecular flexibility index (Phi) is 5.72. The molecule has 0 aliphatic carbocycles. The first kappa shape index (κ1) is 17.4. The molecule has 0 saturated heterocycles. The number of hydrogen-bond donors (Lipinski definition) is 1. The van der Waals surface area contributed by atoms with E-state index in [4.69, 9.17) is 16.3 Å². The second-order valence-electron chi connectivity index (χ2n) is 6.10. The van der Waals surface area contributed by atoms with Gasteiger partial charge in [-0.25, -0.2) is 9.78 Å². The number of pyridine rings is 1. The summed E-state index contributed by atoms with van der Waals surface area (Å²) in [4.78, 5) is 28.1. The van der Waals surface area contributed by atoms with E-state index in [2.05, 4.69) is 10.3 Å². The Morgan fingerprint density at radius 1 is 1.29 bits per heavy atom. The Morgan fingerprint density at radius 3 is 2.33 bits per heavy atom. The molecule has 1 atom stereocenters. The summed E-state index contributed by atoms with van der Waals surface area (Å²) in [5, 5.41) is 2.98. The summed E-state index contributed by atoms with van der Waals surface area (Å²) in [6, 6.07) is 2.36. The van der Waals surface area contributed by atoms with Crippen molar-refractivity contribution in [1.29, 1.82) is 0 Å². The average molecular weight is 313 g/mol. The van der Waals surface area contributed by atoms with E-state index in [1.165, 1.54) is 12.3 Å². The molecule has 0 aliphatic heterocycles. The molecule has 1 heterocycles. The van der Waals surface area contributed by atoms with Gasteiger partial charge in [0.05, 0.1) is 5.56 Å². The second-order valence-corrected chi connectivity index (χ2v) is 6.49. The van der Waals surface area contributed by atoms with Crippen LogP contribution in [0.1, 0.15) is 45.0 Å². The predicted molar refractivity (Wildman–Crippen MR) is 81.2 cm³/mol. The van der Waals surface area contributed by atoms with Crippen molar-refractivity contribution in [2.24, 2.45) is 5.92 Å². The van der Waals surface area contributed by atoms with Gasteiger partial charge in [-0.2, -0.15) is 0 Å². The first-order valence-corrected chi connectivity index (χ1v) is 7.13. The molecular formula is C15H21ClN2O3. The first-order chi connectivity index (χ1) is 9.60. The Balaban J connectivity index is 2.81. The number of esters is 1. The maximum Gasteiger partial charge on any atom is 0.329 e. The molecule has 0 radical (unpaired) electrons. The van der Waals surface area contributed by atoms with E-state index in [0.717, 1.165) is 0 Å². The number of ether oxygens (including phenoxy) is 1. The third-order valence-corrected chi connectivity index (χ3v) is 2.83. The molecule has 6 heteroatoms. The van der Waals surface area contributed by atoms with Crippen LogP contribution in [0.3, 0.4) is 0 Å². The highest BCUT2D eigenvalue weighted by molar-refractivity contribution is 6.29. The zero-order valence-corrected chi connectivity index (χ0v) is 13.7. The van der Waals surface area contributed by atoms with E-state index >= 15 is 0 Å². The van der Waals surface area contributed by atoms with E-state index in [0.29, 0.717) is 10.7 Å². The molecular weight excluding hydrogens is 292 g/mol. The lowest BCUT2D eigenvalue weighted by atomic mass is 10.0. The van der Waals surface area contributed by atoms with E-state index in [1.54, 1.807) is 26.8 Å². The average Bonchev–Trinajstić information content (AvgIpc) is 2.33. The van der Waals surface area contributed by atoms with Crippen molar-refractivity contribution in [3.8, 4) is 0 Å². The molecule has 1 aromatic rings. The summed E-state index contributed by atoms with van der Waals surface area (Å²) in [6.45, 7) is 9.04. The molecule has 0 unspecified atom stereocenters. The van der Waals surface area contributed by atoms with Gasteiger partial charge in [-0.1, -0.05) is 25.4 Å². The van der Waals surface area contributed by atoms with Gasteiger partial charge in [0.15, 0.2) is 0 Å². The van der Waals surface area contributed by atoms with Crippen LogP contribution in [0.4, 0.5) is 0 Å². The van der Waals surface area contributed by atoms with Crippen LogP contribution in [0.25, 0.3) is 0 Å². The van der Waals surface area contributed by atoms with Gasteiger partial charge in [0, 0.05) is 6.20 Å². The fourth-order valence-electron chi connectivity index (χ4n) is 1.60. The predicted octanol–water partition coefficient (Wildman–Crippen LogP) is 2.83.